The predicted octanol–water partition coefficient (Wildman–Crippen LogP) is -5.10. The van der Waals surface area contributed by atoms with Crippen LogP contribution in [0.4, 0.5) is 0 Å². The Labute approximate surface area is 248 Å². The lowest BCUT2D eigenvalue weighted by atomic mass is 9.84. The molecule has 0 bridgehead atoms. The van der Waals surface area contributed by atoms with Gasteiger partial charge in [-0.3, -0.25) is 0 Å². The molecule has 19 heteroatoms. The molecule has 0 amide bonds. The van der Waals surface area contributed by atoms with Gasteiger partial charge in [-0.15, -0.1) is 0 Å². The zero-order valence-corrected chi connectivity index (χ0v) is 23.8. The quantitative estimate of drug-likeness (QED) is 0.0618. The fourth-order valence-electron chi connectivity index (χ4n) is 5.96. The standard InChI is InChI=1S/C24H46N8O11/c1-7(26)11-3-2-10(31-32-30)22(38-11)41-19-9(28)4-8(27)15(34)21(19)43-24-18(37)20(13(6-33)40-24)42-23-14(29)17(36)16(35)12(5-25)39-23/h7-24,33-37H,2-6,25-29H2,1H3/t7-,8-,9+,10-,11+,12+,13-,14-,15+,16-,17-,18-,19-,20-,21-,22-,23?,24+/m1/s1. The Hall–Kier alpha value is -1.33. The zero-order valence-electron chi connectivity index (χ0n) is 23.8. The topological polar surface area (TPSA) is 335 Å². The van der Waals surface area contributed by atoms with Crippen molar-refractivity contribution in [1.29, 1.82) is 0 Å². The summed E-state index contributed by atoms with van der Waals surface area (Å²) in [7, 11) is 0. The molecule has 18 atom stereocenters. The Balaban J connectivity index is 1.51. The van der Waals surface area contributed by atoms with E-state index in [1.807, 2.05) is 0 Å². The molecule has 1 saturated carbocycles. The Kier molecular flexibility index (Phi) is 11.9. The number of nitrogens with zero attached hydrogens (tertiary/aromatic N) is 3. The van der Waals surface area contributed by atoms with E-state index in [2.05, 4.69) is 10.0 Å². The van der Waals surface area contributed by atoms with E-state index >= 15 is 0 Å². The van der Waals surface area contributed by atoms with Gasteiger partial charge in [-0.1, -0.05) is 5.11 Å². The number of azide groups is 1. The molecule has 0 aromatic heterocycles. The molecule has 0 aromatic carbocycles. The van der Waals surface area contributed by atoms with Gasteiger partial charge in [0.2, 0.25) is 0 Å². The van der Waals surface area contributed by atoms with Crippen LogP contribution in [-0.4, -0.2) is 149 Å². The van der Waals surface area contributed by atoms with Crippen molar-refractivity contribution < 1.29 is 54.0 Å². The average Bonchev–Trinajstić information content (AvgIpc) is 3.27. The van der Waals surface area contributed by atoms with Crippen molar-refractivity contribution >= 4 is 0 Å². The van der Waals surface area contributed by atoms with Crippen LogP contribution in [-0.2, 0) is 28.4 Å². The molecule has 0 aromatic rings. The second kappa shape index (κ2) is 14.8. The van der Waals surface area contributed by atoms with Crippen LogP contribution < -0.4 is 28.7 Å². The van der Waals surface area contributed by atoms with Crippen molar-refractivity contribution in [3.8, 4) is 0 Å². The molecule has 3 aliphatic heterocycles. The van der Waals surface area contributed by atoms with E-state index in [1.54, 1.807) is 6.92 Å². The number of aliphatic hydroxyl groups is 5. The minimum absolute atomic E-state index is 0.147. The fourth-order valence-corrected chi connectivity index (χ4v) is 5.96. The Bertz CT molecular complexity index is 951. The van der Waals surface area contributed by atoms with Crippen LogP contribution in [0, 0.1) is 0 Å². The molecule has 43 heavy (non-hydrogen) atoms. The van der Waals surface area contributed by atoms with Crippen LogP contribution in [0.2, 0.25) is 0 Å². The molecule has 4 fully saturated rings. The van der Waals surface area contributed by atoms with Gasteiger partial charge in [0.15, 0.2) is 18.9 Å². The number of rotatable bonds is 10. The average molecular weight is 623 g/mol. The van der Waals surface area contributed by atoms with Crippen LogP contribution in [0.5, 0.6) is 0 Å². The lowest BCUT2D eigenvalue weighted by Gasteiger charge is -2.46. The highest BCUT2D eigenvalue weighted by Gasteiger charge is 2.53. The summed E-state index contributed by atoms with van der Waals surface area (Å²) >= 11 is 0. The lowest BCUT2D eigenvalue weighted by molar-refractivity contribution is -0.290. The Morgan fingerprint density at radius 1 is 0.837 bits per heavy atom. The normalized spacial score (nSPS) is 49.8. The third kappa shape index (κ3) is 7.40. The SMILES string of the molecule is C[C@@H](N)[C@@H]1CC[C@@H](N=[N+]=[N-])[C@@H](O[C@H]2[C@H](O[C@@H]3O[C@H](CO)[C@@H](OC4O[C@@H](CN)[C@@H](O)[C@H](O)[C@H]4N)[C@H]3O)[C@@H](O)[C@H](N)C[C@@H]2N)O1. The third-order valence-corrected chi connectivity index (χ3v) is 8.55. The maximum Gasteiger partial charge on any atom is 0.187 e. The third-order valence-electron chi connectivity index (χ3n) is 8.55. The van der Waals surface area contributed by atoms with Gasteiger partial charge in [0.1, 0.15) is 48.8 Å². The lowest BCUT2D eigenvalue weighted by Crippen LogP contribution is -2.65. The van der Waals surface area contributed by atoms with Crippen LogP contribution in [0.15, 0.2) is 5.11 Å². The number of hydrogen-bond donors (Lipinski definition) is 10. The second-order valence-corrected chi connectivity index (χ2v) is 11.7. The molecule has 1 unspecified atom stereocenters. The van der Waals surface area contributed by atoms with Gasteiger partial charge in [-0.25, -0.2) is 0 Å². The van der Waals surface area contributed by atoms with Gasteiger partial charge in [0.05, 0.1) is 30.9 Å². The number of aliphatic hydroxyl groups excluding tert-OH is 5. The zero-order chi connectivity index (χ0) is 31.6. The Morgan fingerprint density at radius 3 is 2.12 bits per heavy atom. The second-order valence-electron chi connectivity index (χ2n) is 11.7. The molecule has 0 spiro atoms. The molecule has 19 nitrogen and oxygen atoms in total. The van der Waals surface area contributed by atoms with Crippen LogP contribution >= 0.6 is 0 Å². The van der Waals surface area contributed by atoms with E-state index in [0.717, 1.165) is 0 Å². The summed E-state index contributed by atoms with van der Waals surface area (Å²) < 4.78 is 35.4. The van der Waals surface area contributed by atoms with Crippen molar-refractivity contribution in [2.75, 3.05) is 13.2 Å². The smallest absolute Gasteiger partial charge is 0.187 e. The molecule has 3 saturated heterocycles. The highest BCUT2D eigenvalue weighted by molar-refractivity contribution is 5.01. The largest absolute Gasteiger partial charge is 0.394 e. The summed E-state index contributed by atoms with van der Waals surface area (Å²) in [6.45, 7) is 1.00. The maximum absolute atomic E-state index is 11.2. The van der Waals surface area contributed by atoms with Crippen molar-refractivity contribution in [3.63, 3.8) is 0 Å². The minimum atomic E-state index is -1.57. The number of nitrogens with two attached hydrogens (primary N) is 5. The molecule has 3 heterocycles. The summed E-state index contributed by atoms with van der Waals surface area (Å²) in [5.41, 5.74) is 39.3. The number of ether oxygens (including phenoxy) is 6. The van der Waals surface area contributed by atoms with Gasteiger partial charge >= 0.3 is 0 Å². The van der Waals surface area contributed by atoms with Crippen molar-refractivity contribution in [1.82, 2.24) is 0 Å². The van der Waals surface area contributed by atoms with Crippen molar-refractivity contribution in [2.45, 2.75) is 136 Å². The molecule has 4 rings (SSSR count). The van der Waals surface area contributed by atoms with E-state index in [4.69, 9.17) is 62.6 Å². The predicted molar refractivity (Wildman–Crippen MR) is 145 cm³/mol. The summed E-state index contributed by atoms with van der Waals surface area (Å²) in [5, 5.41) is 56.5. The highest BCUT2D eigenvalue weighted by atomic mass is 16.8. The summed E-state index contributed by atoms with van der Waals surface area (Å²) in [5.74, 6) is 0. The first-order chi connectivity index (χ1) is 20.4. The van der Waals surface area contributed by atoms with E-state index < -0.39 is 111 Å². The molecular weight excluding hydrogens is 576 g/mol. The van der Waals surface area contributed by atoms with Gasteiger partial charge in [-0.05, 0) is 31.7 Å². The molecular formula is C24H46N8O11. The summed E-state index contributed by atoms with van der Waals surface area (Å²) in [6.07, 6.45) is -14.6. The first kappa shape index (κ1) is 34.5. The molecule has 248 valence electrons. The van der Waals surface area contributed by atoms with E-state index in [9.17, 15) is 25.5 Å². The first-order valence-corrected chi connectivity index (χ1v) is 14.4. The molecule has 1 aliphatic carbocycles. The molecule has 15 N–H and O–H groups in total. The molecule has 0 radical (unpaired) electrons. The van der Waals surface area contributed by atoms with Gasteiger partial charge in [0.25, 0.3) is 0 Å². The summed E-state index contributed by atoms with van der Waals surface area (Å²) in [6, 6.07) is -3.88. The van der Waals surface area contributed by atoms with E-state index in [-0.39, 0.29) is 19.0 Å². The highest BCUT2D eigenvalue weighted by Crippen LogP contribution is 2.35. The number of hydrogen-bond acceptors (Lipinski definition) is 17. The van der Waals surface area contributed by atoms with Gasteiger partial charge in [-0.2, -0.15) is 0 Å². The van der Waals surface area contributed by atoms with Crippen LogP contribution in [0.25, 0.3) is 10.4 Å². The minimum Gasteiger partial charge on any atom is -0.394 e. The maximum atomic E-state index is 11.2. The van der Waals surface area contributed by atoms with E-state index in [0.29, 0.717) is 12.8 Å². The monoisotopic (exact) mass is 622 g/mol. The van der Waals surface area contributed by atoms with Gasteiger partial charge < -0.3 is 82.6 Å². The molecule has 4 aliphatic rings. The van der Waals surface area contributed by atoms with Crippen LogP contribution in [0.1, 0.15) is 26.2 Å². The first-order valence-electron chi connectivity index (χ1n) is 14.4. The summed E-state index contributed by atoms with van der Waals surface area (Å²) in [4.78, 5) is 2.88. The van der Waals surface area contributed by atoms with Crippen molar-refractivity contribution in [3.05, 3.63) is 10.4 Å². The van der Waals surface area contributed by atoms with Crippen molar-refractivity contribution in [2.24, 2.45) is 33.8 Å². The fraction of sp³-hybridized carbons (Fsp3) is 1.00. The van der Waals surface area contributed by atoms with Crippen LogP contribution in [0.3, 0.4) is 0 Å². The van der Waals surface area contributed by atoms with E-state index in [1.165, 1.54) is 0 Å². The Morgan fingerprint density at radius 2 is 1.49 bits per heavy atom. The van der Waals surface area contributed by atoms with Gasteiger partial charge in [0, 0.05) is 29.6 Å².